The van der Waals surface area contributed by atoms with Gasteiger partial charge in [0.25, 0.3) is 0 Å². The van der Waals surface area contributed by atoms with Crippen LogP contribution in [0.3, 0.4) is 0 Å². The SMILES string of the molecule is CCNC(=NCC(C)(O)c1ccco1)NCCC(=O)Nc1ccc(Br)cc1.I. The Bertz CT molecular complexity index is 749. The van der Waals surface area contributed by atoms with E-state index in [2.05, 4.69) is 36.9 Å². The number of aliphatic hydroxyl groups is 1. The third kappa shape index (κ3) is 8.19. The molecule has 2 rings (SSSR count). The van der Waals surface area contributed by atoms with Crippen LogP contribution in [0, 0.1) is 0 Å². The minimum atomic E-state index is -1.20. The predicted octanol–water partition coefficient (Wildman–Crippen LogP) is 3.45. The molecule has 0 aliphatic heterocycles. The molecule has 0 fully saturated rings. The Labute approximate surface area is 190 Å². The zero-order valence-corrected chi connectivity index (χ0v) is 19.8. The summed E-state index contributed by atoms with van der Waals surface area (Å²) in [5.41, 5.74) is -0.455. The van der Waals surface area contributed by atoms with Crippen molar-refractivity contribution in [1.82, 2.24) is 10.6 Å². The number of amides is 1. The molecule has 1 amide bonds. The van der Waals surface area contributed by atoms with Gasteiger partial charge in [-0.25, -0.2) is 4.99 Å². The van der Waals surface area contributed by atoms with E-state index in [0.29, 0.717) is 24.8 Å². The first-order chi connectivity index (χ1) is 12.9. The summed E-state index contributed by atoms with van der Waals surface area (Å²) in [7, 11) is 0. The largest absolute Gasteiger partial charge is 0.466 e. The van der Waals surface area contributed by atoms with E-state index in [1.54, 1.807) is 19.1 Å². The Morgan fingerprint density at radius 3 is 2.57 bits per heavy atom. The van der Waals surface area contributed by atoms with Crippen molar-refractivity contribution >= 4 is 57.5 Å². The molecule has 0 saturated heterocycles. The highest BCUT2D eigenvalue weighted by molar-refractivity contribution is 14.0. The van der Waals surface area contributed by atoms with Crippen molar-refractivity contribution in [2.24, 2.45) is 4.99 Å². The van der Waals surface area contributed by atoms with Gasteiger partial charge in [0.15, 0.2) is 5.96 Å². The van der Waals surface area contributed by atoms with Crippen LogP contribution in [-0.2, 0) is 10.4 Å². The number of rotatable bonds is 8. The van der Waals surface area contributed by atoms with Gasteiger partial charge in [-0.15, -0.1) is 24.0 Å². The van der Waals surface area contributed by atoms with Gasteiger partial charge in [0.05, 0.1) is 12.8 Å². The van der Waals surface area contributed by atoms with Crippen LogP contribution in [0.1, 0.15) is 26.0 Å². The van der Waals surface area contributed by atoms with E-state index >= 15 is 0 Å². The summed E-state index contributed by atoms with van der Waals surface area (Å²) in [6, 6.07) is 10.8. The predicted molar refractivity (Wildman–Crippen MR) is 125 cm³/mol. The fourth-order valence-electron chi connectivity index (χ4n) is 2.29. The summed E-state index contributed by atoms with van der Waals surface area (Å²) in [6.45, 7) is 4.80. The van der Waals surface area contributed by atoms with E-state index < -0.39 is 5.60 Å². The van der Waals surface area contributed by atoms with Gasteiger partial charge in [0.1, 0.15) is 11.4 Å². The molecule has 0 saturated carbocycles. The van der Waals surface area contributed by atoms with Crippen LogP contribution in [-0.4, -0.2) is 36.6 Å². The molecule has 154 valence electrons. The number of halogens is 2. The van der Waals surface area contributed by atoms with E-state index in [4.69, 9.17) is 4.42 Å². The molecular formula is C19H26BrIN4O3. The highest BCUT2D eigenvalue weighted by Crippen LogP contribution is 2.21. The summed E-state index contributed by atoms with van der Waals surface area (Å²) in [5, 5.41) is 19.5. The van der Waals surface area contributed by atoms with Crippen LogP contribution in [0.15, 0.2) is 56.5 Å². The highest BCUT2D eigenvalue weighted by Gasteiger charge is 2.26. The quantitative estimate of drug-likeness (QED) is 0.224. The van der Waals surface area contributed by atoms with Crippen molar-refractivity contribution in [2.45, 2.75) is 25.9 Å². The van der Waals surface area contributed by atoms with Gasteiger partial charge in [-0.3, -0.25) is 4.79 Å². The number of hydrogen-bond acceptors (Lipinski definition) is 4. The third-order valence-corrected chi connectivity index (χ3v) is 4.24. The number of carbonyl (C=O) groups excluding carboxylic acids is 1. The van der Waals surface area contributed by atoms with E-state index in [1.165, 1.54) is 6.26 Å². The standard InChI is InChI=1S/C19H25BrN4O3.HI/c1-3-21-18(23-13-19(2,26)16-5-4-12-27-16)22-11-10-17(25)24-15-8-6-14(20)7-9-15;/h4-9,12,26H,3,10-11,13H2,1-2H3,(H,24,25)(H2,21,22,23);1H. The fraction of sp³-hybridized carbons (Fsp3) is 0.368. The molecule has 28 heavy (non-hydrogen) atoms. The van der Waals surface area contributed by atoms with E-state index in [1.807, 2.05) is 31.2 Å². The van der Waals surface area contributed by atoms with Gasteiger partial charge in [-0.2, -0.15) is 0 Å². The van der Waals surface area contributed by atoms with Crippen LogP contribution < -0.4 is 16.0 Å². The zero-order valence-electron chi connectivity index (χ0n) is 15.9. The lowest BCUT2D eigenvalue weighted by Gasteiger charge is -2.19. The molecule has 7 nitrogen and oxygen atoms in total. The number of aliphatic imine (C=N–C) groups is 1. The molecule has 0 spiro atoms. The smallest absolute Gasteiger partial charge is 0.226 e. The maximum Gasteiger partial charge on any atom is 0.226 e. The van der Waals surface area contributed by atoms with E-state index in [9.17, 15) is 9.90 Å². The van der Waals surface area contributed by atoms with Gasteiger partial charge in [-0.1, -0.05) is 15.9 Å². The maximum atomic E-state index is 12.0. The minimum Gasteiger partial charge on any atom is -0.466 e. The number of nitrogens with one attached hydrogen (secondary N) is 3. The molecule has 0 aliphatic carbocycles. The number of anilines is 1. The Morgan fingerprint density at radius 1 is 1.25 bits per heavy atom. The molecule has 1 heterocycles. The number of carbonyl (C=O) groups is 1. The molecule has 1 unspecified atom stereocenters. The lowest BCUT2D eigenvalue weighted by Crippen LogP contribution is -2.40. The van der Waals surface area contributed by atoms with Crippen LogP contribution in [0.25, 0.3) is 0 Å². The number of nitrogens with zero attached hydrogens (tertiary/aromatic N) is 1. The van der Waals surface area contributed by atoms with Crippen molar-refractivity contribution < 1.29 is 14.3 Å². The second kappa shape index (κ2) is 12.1. The second-order valence-corrected chi connectivity index (χ2v) is 7.09. The molecule has 2 aromatic rings. The molecule has 1 aromatic carbocycles. The van der Waals surface area contributed by atoms with Crippen LogP contribution in [0.2, 0.25) is 0 Å². The van der Waals surface area contributed by atoms with Gasteiger partial charge < -0.3 is 25.5 Å². The number of benzene rings is 1. The molecule has 0 radical (unpaired) electrons. The normalized spacial score (nSPS) is 13.2. The maximum absolute atomic E-state index is 12.0. The number of furan rings is 1. The van der Waals surface area contributed by atoms with Gasteiger partial charge in [-0.05, 0) is 50.2 Å². The fourth-order valence-corrected chi connectivity index (χ4v) is 2.55. The topological polar surface area (TPSA) is 98.9 Å². The van der Waals surface area contributed by atoms with Crippen LogP contribution in [0.5, 0.6) is 0 Å². The van der Waals surface area contributed by atoms with E-state index in [0.717, 1.165) is 10.2 Å². The zero-order chi connectivity index (χ0) is 19.7. The summed E-state index contributed by atoms with van der Waals surface area (Å²) in [4.78, 5) is 16.4. The van der Waals surface area contributed by atoms with Crippen molar-refractivity contribution in [3.8, 4) is 0 Å². The summed E-state index contributed by atoms with van der Waals surface area (Å²) in [5.74, 6) is 0.889. The lowest BCUT2D eigenvalue weighted by molar-refractivity contribution is -0.116. The Morgan fingerprint density at radius 2 is 1.96 bits per heavy atom. The number of guanidine groups is 1. The Kier molecular flexibility index (Phi) is 10.5. The highest BCUT2D eigenvalue weighted by atomic mass is 127. The van der Waals surface area contributed by atoms with E-state index in [-0.39, 0.29) is 42.8 Å². The summed E-state index contributed by atoms with van der Waals surface area (Å²) >= 11 is 3.36. The average Bonchev–Trinajstić information content (AvgIpc) is 3.17. The van der Waals surface area contributed by atoms with Gasteiger partial charge in [0, 0.05) is 29.7 Å². The molecule has 9 heteroatoms. The molecule has 4 N–H and O–H groups in total. The van der Waals surface area contributed by atoms with Crippen molar-refractivity contribution in [2.75, 3.05) is 25.0 Å². The van der Waals surface area contributed by atoms with Gasteiger partial charge in [0.2, 0.25) is 5.91 Å². The van der Waals surface area contributed by atoms with Gasteiger partial charge >= 0.3 is 0 Å². The molecule has 1 atom stereocenters. The summed E-state index contributed by atoms with van der Waals surface area (Å²) in [6.07, 6.45) is 1.80. The average molecular weight is 565 g/mol. The second-order valence-electron chi connectivity index (χ2n) is 6.18. The molecular weight excluding hydrogens is 539 g/mol. The minimum absolute atomic E-state index is 0. The molecule has 1 aromatic heterocycles. The first kappa shape index (κ1) is 24.4. The molecule has 0 bridgehead atoms. The molecule has 0 aliphatic rings. The van der Waals surface area contributed by atoms with Crippen molar-refractivity contribution in [3.63, 3.8) is 0 Å². The van der Waals surface area contributed by atoms with Crippen LogP contribution >= 0.6 is 39.9 Å². The Hall–Kier alpha value is -1.59. The number of hydrogen-bond donors (Lipinski definition) is 4. The first-order valence-electron chi connectivity index (χ1n) is 8.74. The van der Waals surface area contributed by atoms with Crippen molar-refractivity contribution in [3.05, 3.63) is 52.9 Å². The van der Waals surface area contributed by atoms with Crippen LogP contribution in [0.4, 0.5) is 5.69 Å². The lowest BCUT2D eigenvalue weighted by atomic mass is 10.0. The summed E-state index contributed by atoms with van der Waals surface area (Å²) < 4.78 is 6.21. The Balaban J connectivity index is 0.00000392. The monoisotopic (exact) mass is 564 g/mol. The first-order valence-corrected chi connectivity index (χ1v) is 9.54. The third-order valence-electron chi connectivity index (χ3n) is 3.71. The van der Waals surface area contributed by atoms with Crippen molar-refractivity contribution in [1.29, 1.82) is 0 Å².